The van der Waals surface area contributed by atoms with E-state index in [0.717, 1.165) is 15.9 Å². The molecule has 0 bridgehead atoms. The molecule has 1 aromatic heterocycles. The second-order valence-corrected chi connectivity index (χ2v) is 4.18. The number of carboxylic acid groups (broad SMARTS) is 2. The zero-order valence-electron chi connectivity index (χ0n) is 7.28. The van der Waals surface area contributed by atoms with Crippen LogP contribution >= 0.6 is 23.6 Å². The molecule has 0 aliphatic rings. The van der Waals surface area contributed by atoms with Crippen LogP contribution in [-0.2, 0) is 9.59 Å². The summed E-state index contributed by atoms with van der Waals surface area (Å²) >= 11 is 5.76. The summed E-state index contributed by atoms with van der Waals surface area (Å²) in [6, 6.07) is -1.37. The summed E-state index contributed by atoms with van der Waals surface area (Å²) in [7, 11) is 0. The number of carbonyl (C=O) groups is 2. The average molecular weight is 249 g/mol. The summed E-state index contributed by atoms with van der Waals surface area (Å²) in [6.07, 6.45) is -0.631. The van der Waals surface area contributed by atoms with Gasteiger partial charge in [-0.25, -0.2) is 4.79 Å². The molecule has 1 aromatic rings. The Morgan fingerprint density at radius 3 is 2.47 bits per heavy atom. The summed E-state index contributed by atoms with van der Waals surface area (Å²) in [5, 5.41) is 27.9. The summed E-state index contributed by atoms with van der Waals surface area (Å²) in [5.41, 5.74) is 0. The van der Waals surface area contributed by atoms with Crippen LogP contribution in [0.25, 0.3) is 0 Å². The molecule has 0 spiro atoms. The van der Waals surface area contributed by atoms with Crippen molar-refractivity contribution in [3.05, 3.63) is 9.33 Å². The van der Waals surface area contributed by atoms with Crippen LogP contribution in [0.1, 0.15) is 12.5 Å². The predicted octanol–water partition coefficient (Wildman–Crippen LogP) is 1.09. The van der Waals surface area contributed by atoms with Crippen molar-refractivity contribution in [1.82, 2.24) is 4.57 Å². The number of nitrogens with zero attached hydrogens (tertiary/aromatic N) is 1. The highest BCUT2D eigenvalue weighted by Gasteiger charge is 2.25. The second-order valence-electron chi connectivity index (χ2n) is 2.68. The molecule has 1 atom stereocenters. The molecule has 0 aliphatic carbocycles. The van der Waals surface area contributed by atoms with Crippen molar-refractivity contribution in [1.29, 1.82) is 0 Å². The first-order valence-electron chi connectivity index (χ1n) is 3.77. The Kier molecular flexibility index (Phi) is 3.43. The Labute approximate surface area is 93.0 Å². The lowest BCUT2D eigenvalue weighted by Gasteiger charge is -2.12. The lowest BCUT2D eigenvalue weighted by atomic mass is 10.2. The van der Waals surface area contributed by atoms with Gasteiger partial charge in [0.1, 0.15) is 6.04 Å². The van der Waals surface area contributed by atoms with Gasteiger partial charge in [0.2, 0.25) is 5.88 Å². The zero-order chi connectivity index (χ0) is 11.6. The lowest BCUT2D eigenvalue weighted by molar-refractivity contribution is -0.147. The van der Waals surface area contributed by atoms with E-state index in [2.05, 4.69) is 0 Å². The molecule has 3 N–H and O–H groups in total. The molecular formula is C7H7NO5S2. The minimum Gasteiger partial charge on any atom is -0.494 e. The number of aromatic nitrogens is 1. The van der Waals surface area contributed by atoms with E-state index in [1.54, 1.807) is 0 Å². The molecule has 0 fully saturated rings. The lowest BCUT2D eigenvalue weighted by Crippen LogP contribution is -2.21. The minimum atomic E-state index is -1.37. The van der Waals surface area contributed by atoms with Gasteiger partial charge < -0.3 is 15.3 Å². The van der Waals surface area contributed by atoms with Crippen LogP contribution in [0.4, 0.5) is 0 Å². The molecule has 6 nitrogen and oxygen atoms in total. The van der Waals surface area contributed by atoms with Gasteiger partial charge in [0.15, 0.2) is 3.95 Å². The third-order valence-corrected chi connectivity index (χ3v) is 2.89. The molecule has 0 saturated carbocycles. The molecule has 0 saturated heterocycles. The molecule has 0 amide bonds. The number of carboxylic acids is 2. The fourth-order valence-electron chi connectivity index (χ4n) is 1.05. The summed E-state index contributed by atoms with van der Waals surface area (Å²) < 4.78 is 1.04. The van der Waals surface area contributed by atoms with E-state index in [-0.39, 0.29) is 9.83 Å². The maximum absolute atomic E-state index is 10.8. The number of hydrogen-bond acceptors (Lipinski definition) is 5. The Morgan fingerprint density at radius 2 is 2.13 bits per heavy atom. The number of aromatic hydroxyl groups is 1. The van der Waals surface area contributed by atoms with Gasteiger partial charge in [-0.15, -0.1) is 11.3 Å². The second kappa shape index (κ2) is 4.41. The van der Waals surface area contributed by atoms with Gasteiger partial charge in [0.25, 0.3) is 0 Å². The van der Waals surface area contributed by atoms with Crippen LogP contribution in [0, 0.1) is 3.95 Å². The molecule has 82 valence electrons. The van der Waals surface area contributed by atoms with Gasteiger partial charge in [0, 0.05) is 0 Å². The van der Waals surface area contributed by atoms with Gasteiger partial charge in [0.05, 0.1) is 11.8 Å². The van der Waals surface area contributed by atoms with E-state index >= 15 is 0 Å². The molecule has 1 unspecified atom stereocenters. The maximum atomic E-state index is 10.8. The van der Waals surface area contributed by atoms with Gasteiger partial charge >= 0.3 is 11.9 Å². The molecule has 1 rings (SSSR count). The number of thiazole rings is 1. The minimum absolute atomic E-state index is 0.126. The van der Waals surface area contributed by atoms with Crippen molar-refractivity contribution >= 4 is 35.5 Å². The van der Waals surface area contributed by atoms with Crippen molar-refractivity contribution in [2.75, 3.05) is 0 Å². The number of hydrogen-bond donors (Lipinski definition) is 3. The van der Waals surface area contributed by atoms with E-state index in [0.29, 0.717) is 0 Å². The summed E-state index contributed by atoms with van der Waals surface area (Å²) in [4.78, 5) is 21.2. The molecule has 0 radical (unpaired) electrons. The van der Waals surface area contributed by atoms with Crippen LogP contribution in [0.2, 0.25) is 0 Å². The fraction of sp³-hybridized carbons (Fsp3) is 0.286. The van der Waals surface area contributed by atoms with Crippen LogP contribution in [-0.4, -0.2) is 31.8 Å². The molecular weight excluding hydrogens is 242 g/mol. The van der Waals surface area contributed by atoms with E-state index in [9.17, 15) is 14.7 Å². The zero-order valence-corrected chi connectivity index (χ0v) is 8.92. The van der Waals surface area contributed by atoms with E-state index in [4.69, 9.17) is 22.4 Å². The molecule has 0 aromatic carbocycles. The van der Waals surface area contributed by atoms with Crippen molar-refractivity contribution < 1.29 is 24.9 Å². The third kappa shape index (κ3) is 2.54. The van der Waals surface area contributed by atoms with Gasteiger partial charge in [-0.2, -0.15) is 0 Å². The fourth-order valence-corrected chi connectivity index (χ4v) is 2.07. The SMILES string of the molecule is O=C(O)CC(C(=O)O)n1c(O)csc1=S. The predicted molar refractivity (Wildman–Crippen MR) is 53.7 cm³/mol. The van der Waals surface area contributed by atoms with Crippen molar-refractivity contribution in [2.24, 2.45) is 0 Å². The average Bonchev–Trinajstić information content (AvgIpc) is 2.42. The quantitative estimate of drug-likeness (QED) is 0.690. The van der Waals surface area contributed by atoms with Crippen LogP contribution < -0.4 is 0 Å². The molecule has 1 heterocycles. The normalized spacial score (nSPS) is 12.3. The Morgan fingerprint density at radius 1 is 1.53 bits per heavy atom. The third-order valence-electron chi connectivity index (χ3n) is 1.67. The first kappa shape index (κ1) is 11.7. The highest BCUT2D eigenvalue weighted by molar-refractivity contribution is 7.73. The highest BCUT2D eigenvalue weighted by atomic mass is 32.1. The number of rotatable bonds is 4. The van der Waals surface area contributed by atoms with Crippen LogP contribution in [0.5, 0.6) is 5.88 Å². The first-order chi connectivity index (χ1) is 6.93. The smallest absolute Gasteiger partial charge is 0.327 e. The summed E-state index contributed by atoms with van der Waals surface area (Å²) in [5.74, 6) is -2.95. The Hall–Kier alpha value is -1.41. The van der Waals surface area contributed by atoms with Crippen LogP contribution in [0.3, 0.4) is 0 Å². The van der Waals surface area contributed by atoms with Crippen molar-refractivity contribution in [3.8, 4) is 5.88 Å². The van der Waals surface area contributed by atoms with E-state index in [1.807, 2.05) is 0 Å². The van der Waals surface area contributed by atoms with Gasteiger partial charge in [-0.1, -0.05) is 0 Å². The molecule has 8 heteroatoms. The monoisotopic (exact) mass is 249 g/mol. The van der Waals surface area contributed by atoms with Crippen molar-refractivity contribution in [3.63, 3.8) is 0 Å². The Balaban J connectivity index is 3.15. The van der Waals surface area contributed by atoms with E-state index < -0.39 is 24.4 Å². The molecule has 0 aliphatic heterocycles. The van der Waals surface area contributed by atoms with Gasteiger partial charge in [-0.05, 0) is 12.2 Å². The Bertz CT molecular complexity index is 448. The highest BCUT2D eigenvalue weighted by Crippen LogP contribution is 2.25. The molecule has 15 heavy (non-hydrogen) atoms. The van der Waals surface area contributed by atoms with Gasteiger partial charge in [-0.3, -0.25) is 9.36 Å². The first-order valence-corrected chi connectivity index (χ1v) is 5.06. The van der Waals surface area contributed by atoms with Crippen LogP contribution in [0.15, 0.2) is 5.38 Å². The summed E-state index contributed by atoms with van der Waals surface area (Å²) in [6.45, 7) is 0. The van der Waals surface area contributed by atoms with E-state index in [1.165, 1.54) is 5.38 Å². The van der Waals surface area contributed by atoms with Crippen molar-refractivity contribution in [2.45, 2.75) is 12.5 Å². The maximum Gasteiger partial charge on any atom is 0.327 e. The topological polar surface area (TPSA) is 99.8 Å². The largest absolute Gasteiger partial charge is 0.494 e. The number of aliphatic carboxylic acids is 2. The standard InChI is InChI=1S/C7H7NO5S2/c9-4-2-15-7(14)8(4)3(6(12)13)1-5(10)11/h2-3,9H,1H2,(H,10,11)(H,12,13).